The Hall–Kier alpha value is -2.57. The third-order valence-corrected chi connectivity index (χ3v) is 8.79. The second kappa shape index (κ2) is 10.5. The van der Waals surface area contributed by atoms with Crippen molar-refractivity contribution in [3.05, 3.63) is 23.0 Å². The van der Waals surface area contributed by atoms with Gasteiger partial charge in [0.15, 0.2) is 5.13 Å². The number of thiazole rings is 1. The van der Waals surface area contributed by atoms with E-state index >= 15 is 0 Å². The quantitative estimate of drug-likeness (QED) is 0.479. The Morgan fingerprint density at radius 2 is 2.03 bits per heavy atom. The topological polar surface area (TPSA) is 142 Å². The van der Waals surface area contributed by atoms with Crippen LogP contribution in [0, 0.1) is 11.3 Å². The SMILES string of the molecule is CC1CN(Cc2cnc(N)s2)CCC1NC(=O)[C@H]1C[C@H](O)CN1C(=O)[C@H](n1cc(C2CC2)nn1)C(C)(C)C. The summed E-state index contributed by atoms with van der Waals surface area (Å²) in [4.78, 5) is 36.7. The Morgan fingerprint density at radius 1 is 1.26 bits per heavy atom. The Kier molecular flexibility index (Phi) is 7.49. The van der Waals surface area contributed by atoms with Gasteiger partial charge in [0.05, 0.1) is 11.8 Å². The van der Waals surface area contributed by atoms with Crippen LogP contribution in [0.2, 0.25) is 0 Å². The van der Waals surface area contributed by atoms with Crippen molar-refractivity contribution < 1.29 is 14.7 Å². The van der Waals surface area contributed by atoms with Gasteiger partial charge < -0.3 is 21.1 Å². The highest BCUT2D eigenvalue weighted by molar-refractivity contribution is 7.15. The van der Waals surface area contributed by atoms with Crippen LogP contribution in [0.4, 0.5) is 5.13 Å². The van der Waals surface area contributed by atoms with Gasteiger partial charge in [-0.15, -0.1) is 16.4 Å². The average molecular weight is 545 g/mol. The van der Waals surface area contributed by atoms with Gasteiger partial charge in [0.1, 0.15) is 12.1 Å². The summed E-state index contributed by atoms with van der Waals surface area (Å²) in [5.41, 5.74) is 6.23. The summed E-state index contributed by atoms with van der Waals surface area (Å²) in [6.45, 7) is 10.8. The number of rotatable bonds is 7. The number of hydrogen-bond donors (Lipinski definition) is 3. The van der Waals surface area contributed by atoms with E-state index in [1.807, 2.05) is 33.2 Å². The number of carbonyl (C=O) groups is 2. The minimum Gasteiger partial charge on any atom is -0.391 e. The molecular formula is C26H40N8O3S. The molecule has 2 unspecified atom stereocenters. The van der Waals surface area contributed by atoms with E-state index in [1.54, 1.807) is 9.58 Å². The van der Waals surface area contributed by atoms with Crippen LogP contribution in [-0.2, 0) is 16.1 Å². The molecule has 5 rings (SSSR count). The molecule has 1 saturated carbocycles. The third kappa shape index (κ3) is 5.86. The lowest BCUT2D eigenvalue weighted by atomic mass is 9.85. The van der Waals surface area contributed by atoms with Crippen LogP contribution in [0.15, 0.2) is 12.4 Å². The number of aliphatic hydroxyl groups excluding tert-OH is 1. The number of piperidine rings is 1. The van der Waals surface area contributed by atoms with E-state index in [-0.39, 0.29) is 36.7 Å². The molecule has 5 atom stereocenters. The first-order chi connectivity index (χ1) is 18.0. The van der Waals surface area contributed by atoms with Gasteiger partial charge >= 0.3 is 0 Å². The molecule has 12 heteroatoms. The molecule has 11 nitrogen and oxygen atoms in total. The molecule has 2 aromatic heterocycles. The van der Waals surface area contributed by atoms with Gasteiger partial charge in [-0.25, -0.2) is 9.67 Å². The van der Waals surface area contributed by atoms with Gasteiger partial charge in [-0.1, -0.05) is 32.9 Å². The van der Waals surface area contributed by atoms with Crippen molar-refractivity contribution in [3.63, 3.8) is 0 Å². The number of β-amino-alcohol motifs (C(OH)–C–C–N with tert-alkyl or cyclic N) is 1. The Balaban J connectivity index is 1.24. The van der Waals surface area contributed by atoms with Gasteiger partial charge in [0.25, 0.3) is 0 Å². The molecule has 0 aromatic carbocycles. The van der Waals surface area contributed by atoms with Crippen molar-refractivity contribution >= 4 is 28.3 Å². The Labute approximate surface area is 227 Å². The summed E-state index contributed by atoms with van der Waals surface area (Å²) in [6.07, 6.45) is 6.22. The first-order valence-corrected chi connectivity index (χ1v) is 14.4. The number of carbonyl (C=O) groups excluding carboxylic acids is 2. The number of aliphatic hydroxyl groups is 1. The standard InChI is InChI=1S/C26H40N8O3S/c1-15-11-32(13-18-10-28-25(27)38-18)8-7-19(15)29-23(36)21-9-17(35)12-33(21)24(37)22(26(2,3)4)34-14-20(30-31-34)16-5-6-16/h10,14-17,19,21-22,35H,5-9,11-13H2,1-4H3,(H2,27,28)(H,29,36)/t15?,17-,19?,21+,22-/m0/s1. The van der Waals surface area contributed by atoms with E-state index < -0.39 is 23.6 Å². The van der Waals surface area contributed by atoms with Crippen LogP contribution < -0.4 is 11.1 Å². The molecular weight excluding hydrogens is 504 g/mol. The zero-order valence-corrected chi connectivity index (χ0v) is 23.5. The smallest absolute Gasteiger partial charge is 0.248 e. The summed E-state index contributed by atoms with van der Waals surface area (Å²) in [7, 11) is 0. The van der Waals surface area contributed by atoms with E-state index in [9.17, 15) is 14.7 Å². The largest absolute Gasteiger partial charge is 0.391 e. The van der Waals surface area contributed by atoms with Gasteiger partial charge in [-0.2, -0.15) is 0 Å². The number of likely N-dealkylation sites (tertiary alicyclic amines) is 2. The van der Waals surface area contributed by atoms with E-state index in [0.717, 1.165) is 49.5 Å². The molecule has 0 bridgehead atoms. The summed E-state index contributed by atoms with van der Waals surface area (Å²) in [5.74, 6) is 0.278. The van der Waals surface area contributed by atoms with E-state index in [4.69, 9.17) is 5.73 Å². The van der Waals surface area contributed by atoms with E-state index in [0.29, 0.717) is 11.0 Å². The fraction of sp³-hybridized carbons (Fsp3) is 0.731. The molecule has 0 radical (unpaired) electrons. The van der Waals surface area contributed by atoms with Crippen molar-refractivity contribution in [1.82, 2.24) is 35.1 Å². The number of anilines is 1. The average Bonchev–Trinajstić information content (AvgIpc) is 3.22. The van der Waals surface area contributed by atoms with Crippen molar-refractivity contribution in [3.8, 4) is 0 Å². The normalized spacial score (nSPS) is 27.4. The van der Waals surface area contributed by atoms with Gasteiger partial charge in [0, 0.05) is 61.8 Å². The first kappa shape index (κ1) is 27.0. The van der Waals surface area contributed by atoms with Gasteiger partial charge in [-0.3, -0.25) is 14.5 Å². The lowest BCUT2D eigenvalue weighted by Crippen LogP contribution is -2.55. The number of nitrogens with one attached hydrogen (secondary N) is 1. The minimum absolute atomic E-state index is 0.00908. The zero-order chi connectivity index (χ0) is 27.2. The maximum atomic E-state index is 13.9. The maximum Gasteiger partial charge on any atom is 0.248 e. The van der Waals surface area contributed by atoms with Gasteiger partial charge in [-0.05, 0) is 30.6 Å². The Bertz CT molecular complexity index is 1160. The molecule has 2 amide bonds. The van der Waals surface area contributed by atoms with E-state index in [1.165, 1.54) is 11.3 Å². The maximum absolute atomic E-state index is 13.9. The molecule has 38 heavy (non-hydrogen) atoms. The summed E-state index contributed by atoms with van der Waals surface area (Å²) in [5, 5.41) is 22.9. The monoisotopic (exact) mass is 544 g/mol. The molecule has 4 heterocycles. The van der Waals surface area contributed by atoms with Crippen LogP contribution >= 0.6 is 11.3 Å². The Morgan fingerprint density at radius 3 is 2.66 bits per heavy atom. The lowest BCUT2D eigenvalue weighted by molar-refractivity contribution is -0.144. The number of nitrogens with two attached hydrogens (primary N) is 1. The van der Waals surface area contributed by atoms with Crippen LogP contribution in [-0.4, -0.2) is 84.5 Å². The predicted molar refractivity (Wildman–Crippen MR) is 144 cm³/mol. The minimum atomic E-state index is -0.737. The summed E-state index contributed by atoms with van der Waals surface area (Å²) < 4.78 is 1.66. The zero-order valence-electron chi connectivity index (χ0n) is 22.7. The van der Waals surface area contributed by atoms with Crippen LogP contribution in [0.3, 0.4) is 0 Å². The lowest BCUT2D eigenvalue weighted by Gasteiger charge is -2.38. The molecule has 3 aliphatic rings. The summed E-state index contributed by atoms with van der Waals surface area (Å²) in [6, 6.07) is -1.32. The summed E-state index contributed by atoms with van der Waals surface area (Å²) >= 11 is 1.51. The first-order valence-electron chi connectivity index (χ1n) is 13.6. The second-order valence-electron chi connectivity index (χ2n) is 12.3. The second-order valence-corrected chi connectivity index (χ2v) is 13.5. The van der Waals surface area contributed by atoms with E-state index in [2.05, 4.69) is 32.4 Å². The molecule has 2 aromatic rings. The van der Waals surface area contributed by atoms with Crippen molar-refractivity contribution in [2.24, 2.45) is 11.3 Å². The van der Waals surface area contributed by atoms with Crippen LogP contribution in [0.25, 0.3) is 0 Å². The highest BCUT2D eigenvalue weighted by atomic mass is 32.1. The van der Waals surface area contributed by atoms with Gasteiger partial charge in [0.2, 0.25) is 11.8 Å². The number of nitrogens with zero attached hydrogens (tertiary/aromatic N) is 6. The van der Waals surface area contributed by atoms with Crippen LogP contribution in [0.5, 0.6) is 0 Å². The predicted octanol–water partition coefficient (Wildman–Crippen LogP) is 1.77. The molecule has 2 aliphatic heterocycles. The third-order valence-electron chi connectivity index (χ3n) is 7.98. The number of nitrogen functional groups attached to an aromatic ring is 1. The number of aromatic nitrogens is 4. The highest BCUT2D eigenvalue weighted by Crippen LogP contribution is 2.40. The molecule has 3 fully saturated rings. The molecule has 0 spiro atoms. The fourth-order valence-electron chi connectivity index (χ4n) is 5.81. The number of hydrogen-bond acceptors (Lipinski definition) is 9. The van der Waals surface area contributed by atoms with Crippen LogP contribution in [0.1, 0.15) is 75.9 Å². The molecule has 1 aliphatic carbocycles. The van der Waals surface area contributed by atoms with Crippen molar-refractivity contribution in [2.75, 3.05) is 25.4 Å². The number of amides is 2. The molecule has 4 N–H and O–H groups in total. The molecule has 2 saturated heterocycles. The highest BCUT2D eigenvalue weighted by Gasteiger charge is 2.46. The fourth-order valence-corrected chi connectivity index (χ4v) is 6.54. The molecule has 208 valence electrons. The van der Waals surface area contributed by atoms with Crippen molar-refractivity contribution in [2.45, 2.75) is 90.1 Å². The van der Waals surface area contributed by atoms with Crippen molar-refractivity contribution in [1.29, 1.82) is 0 Å².